The van der Waals surface area contributed by atoms with Gasteiger partial charge in [0.2, 0.25) is 5.95 Å². The van der Waals surface area contributed by atoms with Gasteiger partial charge < -0.3 is 15.4 Å². The minimum absolute atomic E-state index is 0.0879. The second-order valence-corrected chi connectivity index (χ2v) is 5.17. The molecule has 0 radical (unpaired) electrons. The Labute approximate surface area is 136 Å². The minimum Gasteiger partial charge on any atom is -0.385 e. The summed E-state index contributed by atoms with van der Waals surface area (Å²) in [5.74, 6) is 0.320. The molecule has 1 amide bonds. The number of carbonyl (C=O) groups excluding carboxylic acids is 1. The Kier molecular flexibility index (Phi) is 6.50. The van der Waals surface area contributed by atoms with E-state index in [0.29, 0.717) is 24.7 Å². The van der Waals surface area contributed by atoms with Crippen LogP contribution in [0.25, 0.3) is 0 Å². The van der Waals surface area contributed by atoms with Crippen molar-refractivity contribution in [2.45, 2.75) is 19.4 Å². The summed E-state index contributed by atoms with van der Waals surface area (Å²) in [4.78, 5) is 20.3. The van der Waals surface area contributed by atoms with Crippen molar-refractivity contribution in [1.29, 1.82) is 0 Å². The van der Waals surface area contributed by atoms with Crippen molar-refractivity contribution < 1.29 is 9.53 Å². The van der Waals surface area contributed by atoms with Crippen LogP contribution in [-0.2, 0) is 4.74 Å². The molecule has 0 bridgehead atoms. The molecule has 2 aromatic rings. The van der Waals surface area contributed by atoms with Crippen molar-refractivity contribution in [1.82, 2.24) is 15.3 Å². The summed E-state index contributed by atoms with van der Waals surface area (Å²) in [5, 5.41) is 6.01. The second-order valence-electron chi connectivity index (χ2n) is 5.17. The van der Waals surface area contributed by atoms with Gasteiger partial charge in [0.1, 0.15) is 0 Å². The van der Waals surface area contributed by atoms with Crippen LogP contribution < -0.4 is 10.6 Å². The number of hydrogen-bond donors (Lipinski definition) is 2. The Morgan fingerprint density at radius 2 is 1.91 bits per heavy atom. The first-order valence-electron chi connectivity index (χ1n) is 7.61. The van der Waals surface area contributed by atoms with Crippen molar-refractivity contribution >= 4 is 11.9 Å². The molecule has 0 saturated carbocycles. The lowest BCUT2D eigenvalue weighted by molar-refractivity contribution is 0.0948. The van der Waals surface area contributed by atoms with Crippen LogP contribution >= 0.6 is 0 Å². The standard InChI is InChI=1S/C17H22N4O2/c1-13(14-7-4-3-5-8-14)21-17-19-11-15(12-20-17)16(22)18-9-6-10-23-2/h3-5,7-8,11-13H,6,9-10H2,1-2H3,(H,18,22)(H,19,20,21). The van der Waals surface area contributed by atoms with E-state index in [-0.39, 0.29) is 11.9 Å². The first-order valence-corrected chi connectivity index (χ1v) is 7.61. The van der Waals surface area contributed by atoms with Gasteiger partial charge in [0.15, 0.2) is 0 Å². The lowest BCUT2D eigenvalue weighted by atomic mass is 10.1. The summed E-state index contributed by atoms with van der Waals surface area (Å²) in [6, 6.07) is 10.1. The van der Waals surface area contributed by atoms with E-state index >= 15 is 0 Å². The average molecular weight is 314 g/mol. The maximum Gasteiger partial charge on any atom is 0.254 e. The Balaban J connectivity index is 1.88. The summed E-state index contributed by atoms with van der Waals surface area (Å²) in [7, 11) is 1.64. The normalized spacial score (nSPS) is 11.7. The van der Waals surface area contributed by atoms with E-state index in [4.69, 9.17) is 4.74 Å². The van der Waals surface area contributed by atoms with Crippen molar-refractivity contribution in [3.05, 3.63) is 53.9 Å². The van der Waals surface area contributed by atoms with Crippen LogP contribution in [0.5, 0.6) is 0 Å². The van der Waals surface area contributed by atoms with Crippen LogP contribution in [0.2, 0.25) is 0 Å². The number of ether oxygens (including phenoxy) is 1. The molecule has 1 aromatic carbocycles. The van der Waals surface area contributed by atoms with Gasteiger partial charge in [0.25, 0.3) is 5.91 Å². The SMILES string of the molecule is COCCCNC(=O)c1cnc(NC(C)c2ccccc2)nc1. The molecule has 23 heavy (non-hydrogen) atoms. The smallest absolute Gasteiger partial charge is 0.254 e. The molecule has 1 unspecified atom stereocenters. The van der Waals surface area contributed by atoms with Crippen LogP contribution in [0.1, 0.15) is 35.3 Å². The van der Waals surface area contributed by atoms with Crippen LogP contribution in [0.3, 0.4) is 0 Å². The third-order valence-corrected chi connectivity index (χ3v) is 3.37. The van der Waals surface area contributed by atoms with E-state index in [1.54, 1.807) is 7.11 Å². The predicted octanol–water partition coefficient (Wildman–Crippen LogP) is 2.42. The zero-order valence-corrected chi connectivity index (χ0v) is 13.5. The van der Waals surface area contributed by atoms with E-state index in [9.17, 15) is 4.79 Å². The summed E-state index contributed by atoms with van der Waals surface area (Å²) in [5.41, 5.74) is 1.59. The van der Waals surface area contributed by atoms with Crippen LogP contribution in [0.15, 0.2) is 42.7 Å². The lowest BCUT2D eigenvalue weighted by Crippen LogP contribution is -2.25. The average Bonchev–Trinajstić information content (AvgIpc) is 2.60. The van der Waals surface area contributed by atoms with Crippen LogP contribution in [0.4, 0.5) is 5.95 Å². The number of hydrogen-bond acceptors (Lipinski definition) is 5. The fourth-order valence-electron chi connectivity index (χ4n) is 2.06. The summed E-state index contributed by atoms with van der Waals surface area (Å²) in [6.07, 6.45) is 3.83. The fraction of sp³-hybridized carbons (Fsp3) is 0.353. The lowest BCUT2D eigenvalue weighted by Gasteiger charge is -2.14. The molecule has 0 aliphatic rings. The molecule has 6 heteroatoms. The molecule has 1 heterocycles. The third-order valence-electron chi connectivity index (χ3n) is 3.37. The largest absolute Gasteiger partial charge is 0.385 e. The molecular formula is C17H22N4O2. The van der Waals surface area contributed by atoms with E-state index in [1.807, 2.05) is 37.3 Å². The van der Waals surface area contributed by atoms with E-state index in [2.05, 4.69) is 20.6 Å². The molecule has 2 N–H and O–H groups in total. The highest BCUT2D eigenvalue weighted by Gasteiger charge is 2.09. The summed E-state index contributed by atoms with van der Waals surface area (Å²) < 4.78 is 4.93. The van der Waals surface area contributed by atoms with Gasteiger partial charge in [-0.15, -0.1) is 0 Å². The Morgan fingerprint density at radius 1 is 1.22 bits per heavy atom. The molecule has 0 fully saturated rings. The summed E-state index contributed by atoms with van der Waals surface area (Å²) >= 11 is 0. The van der Waals surface area contributed by atoms with Gasteiger partial charge in [-0.05, 0) is 18.9 Å². The maximum atomic E-state index is 11.9. The maximum absolute atomic E-state index is 11.9. The highest BCUT2D eigenvalue weighted by atomic mass is 16.5. The van der Waals surface area contributed by atoms with Gasteiger partial charge in [-0.1, -0.05) is 30.3 Å². The molecule has 0 aliphatic carbocycles. The van der Waals surface area contributed by atoms with Gasteiger partial charge >= 0.3 is 0 Å². The van der Waals surface area contributed by atoms with Gasteiger partial charge in [-0.3, -0.25) is 4.79 Å². The first-order chi connectivity index (χ1) is 11.2. The predicted molar refractivity (Wildman–Crippen MR) is 89.3 cm³/mol. The van der Waals surface area contributed by atoms with E-state index < -0.39 is 0 Å². The second kappa shape index (κ2) is 8.85. The molecule has 1 atom stereocenters. The van der Waals surface area contributed by atoms with E-state index in [0.717, 1.165) is 12.0 Å². The molecule has 6 nitrogen and oxygen atoms in total. The zero-order valence-electron chi connectivity index (χ0n) is 13.5. The van der Waals surface area contributed by atoms with Crippen LogP contribution in [0, 0.1) is 0 Å². The molecule has 0 saturated heterocycles. The van der Waals surface area contributed by atoms with E-state index in [1.165, 1.54) is 12.4 Å². The number of benzene rings is 1. The Hall–Kier alpha value is -2.47. The molecule has 2 rings (SSSR count). The highest BCUT2D eigenvalue weighted by molar-refractivity contribution is 5.93. The van der Waals surface area contributed by atoms with Crippen molar-refractivity contribution in [3.8, 4) is 0 Å². The fourth-order valence-corrected chi connectivity index (χ4v) is 2.06. The monoisotopic (exact) mass is 314 g/mol. The number of aromatic nitrogens is 2. The molecule has 0 aliphatic heterocycles. The topological polar surface area (TPSA) is 76.1 Å². The Bertz CT molecular complexity index is 602. The number of methoxy groups -OCH3 is 1. The highest BCUT2D eigenvalue weighted by Crippen LogP contribution is 2.15. The van der Waals surface area contributed by atoms with Gasteiger partial charge in [-0.25, -0.2) is 9.97 Å². The number of anilines is 1. The van der Waals surface area contributed by atoms with Gasteiger partial charge in [-0.2, -0.15) is 0 Å². The Morgan fingerprint density at radius 3 is 2.57 bits per heavy atom. The van der Waals surface area contributed by atoms with Crippen molar-refractivity contribution in [2.75, 3.05) is 25.6 Å². The number of nitrogens with zero attached hydrogens (tertiary/aromatic N) is 2. The third kappa shape index (κ3) is 5.34. The van der Waals surface area contributed by atoms with Gasteiger partial charge in [0, 0.05) is 32.7 Å². The van der Waals surface area contributed by atoms with Crippen molar-refractivity contribution in [3.63, 3.8) is 0 Å². The number of amides is 1. The number of rotatable bonds is 8. The van der Waals surface area contributed by atoms with Gasteiger partial charge in [0.05, 0.1) is 11.6 Å². The quantitative estimate of drug-likeness (QED) is 0.732. The molecular weight excluding hydrogens is 292 g/mol. The molecule has 122 valence electrons. The first kappa shape index (κ1) is 16.9. The molecule has 0 spiro atoms. The van der Waals surface area contributed by atoms with Crippen molar-refractivity contribution in [2.24, 2.45) is 0 Å². The molecule has 1 aromatic heterocycles. The van der Waals surface area contributed by atoms with Crippen LogP contribution in [-0.4, -0.2) is 36.1 Å². The summed E-state index contributed by atoms with van der Waals surface area (Å²) in [6.45, 7) is 3.23. The number of nitrogens with one attached hydrogen (secondary N) is 2. The minimum atomic E-state index is -0.177. The zero-order chi connectivity index (χ0) is 16.5. The number of carbonyl (C=O) groups is 1.